The predicted molar refractivity (Wildman–Crippen MR) is 83.7 cm³/mol. The zero-order valence-corrected chi connectivity index (χ0v) is 12.9. The molecule has 21 heavy (non-hydrogen) atoms. The number of benzene rings is 1. The lowest BCUT2D eigenvalue weighted by atomic mass is 10.1. The first kappa shape index (κ1) is 15.0. The van der Waals surface area contributed by atoms with Crippen LogP contribution in [0.4, 0.5) is 0 Å². The van der Waals surface area contributed by atoms with Crippen LogP contribution in [0.1, 0.15) is 46.9 Å². The second-order valence-corrected chi connectivity index (χ2v) is 5.02. The van der Waals surface area contributed by atoms with E-state index in [0.717, 1.165) is 17.7 Å². The Labute approximate surface area is 124 Å². The Morgan fingerprint density at radius 3 is 2.43 bits per heavy atom. The van der Waals surface area contributed by atoms with Crippen molar-refractivity contribution in [3.05, 3.63) is 58.5 Å². The average Bonchev–Trinajstić information content (AvgIpc) is 2.83. The Balaban J connectivity index is 2.08. The number of furan rings is 1. The molecule has 110 valence electrons. The molecular weight excluding hydrogens is 264 g/mol. The van der Waals surface area contributed by atoms with Crippen molar-refractivity contribution >= 4 is 11.6 Å². The van der Waals surface area contributed by atoms with E-state index in [1.165, 1.54) is 5.56 Å². The number of hydrazone groups is 1. The molecule has 2 rings (SSSR count). The zero-order chi connectivity index (χ0) is 15.4. The number of nitrogens with one attached hydrogen (secondary N) is 1. The molecule has 0 saturated carbocycles. The molecule has 1 amide bonds. The third kappa shape index (κ3) is 3.60. The van der Waals surface area contributed by atoms with Gasteiger partial charge in [0, 0.05) is 0 Å². The van der Waals surface area contributed by atoms with Gasteiger partial charge in [-0.3, -0.25) is 4.79 Å². The Morgan fingerprint density at radius 2 is 1.90 bits per heavy atom. The van der Waals surface area contributed by atoms with E-state index in [9.17, 15) is 4.79 Å². The van der Waals surface area contributed by atoms with Gasteiger partial charge in [-0.05, 0) is 44.4 Å². The van der Waals surface area contributed by atoms with Crippen LogP contribution >= 0.6 is 0 Å². The molecule has 0 aliphatic carbocycles. The molecular formula is C17H20N2O2. The van der Waals surface area contributed by atoms with Gasteiger partial charge in [0.05, 0.1) is 11.3 Å². The van der Waals surface area contributed by atoms with Crippen LogP contribution in [0.5, 0.6) is 0 Å². The van der Waals surface area contributed by atoms with Crippen LogP contribution in [0, 0.1) is 13.8 Å². The third-order valence-corrected chi connectivity index (χ3v) is 3.39. The van der Waals surface area contributed by atoms with Crippen molar-refractivity contribution in [3.63, 3.8) is 0 Å². The van der Waals surface area contributed by atoms with Crippen molar-refractivity contribution in [2.24, 2.45) is 5.10 Å². The Bertz CT molecular complexity index is 667. The monoisotopic (exact) mass is 284 g/mol. The Hall–Kier alpha value is -2.36. The van der Waals surface area contributed by atoms with E-state index < -0.39 is 0 Å². The number of nitrogens with zero attached hydrogens (tertiary/aromatic N) is 1. The summed E-state index contributed by atoms with van der Waals surface area (Å²) in [6.07, 6.45) is 1.01. The van der Waals surface area contributed by atoms with Gasteiger partial charge >= 0.3 is 0 Å². The number of carbonyl (C=O) groups is 1. The van der Waals surface area contributed by atoms with Gasteiger partial charge < -0.3 is 4.42 Å². The molecule has 1 aromatic heterocycles. The predicted octanol–water partition coefficient (Wildman–Crippen LogP) is 3.61. The number of aryl methyl sites for hydroxylation is 3. The number of amides is 1. The van der Waals surface area contributed by atoms with Crippen molar-refractivity contribution in [3.8, 4) is 0 Å². The molecule has 0 fully saturated rings. The molecule has 0 atom stereocenters. The van der Waals surface area contributed by atoms with E-state index in [0.29, 0.717) is 17.1 Å². The van der Waals surface area contributed by atoms with E-state index >= 15 is 0 Å². The van der Waals surface area contributed by atoms with Crippen molar-refractivity contribution in [1.29, 1.82) is 0 Å². The SMILES string of the molecule is CCc1ccc(/C(C)=N\NC(=O)c2cc(C)oc2C)cc1. The topological polar surface area (TPSA) is 54.6 Å². The summed E-state index contributed by atoms with van der Waals surface area (Å²) < 4.78 is 5.34. The van der Waals surface area contributed by atoms with Crippen LogP contribution < -0.4 is 5.43 Å². The minimum Gasteiger partial charge on any atom is -0.466 e. The van der Waals surface area contributed by atoms with Crippen LogP contribution in [0.25, 0.3) is 0 Å². The van der Waals surface area contributed by atoms with Gasteiger partial charge in [-0.1, -0.05) is 31.2 Å². The number of carbonyl (C=O) groups excluding carboxylic acids is 1. The van der Waals surface area contributed by atoms with Gasteiger partial charge in [-0.2, -0.15) is 5.10 Å². The highest BCUT2D eigenvalue weighted by molar-refractivity contribution is 6.01. The minimum atomic E-state index is -0.256. The first-order valence-corrected chi connectivity index (χ1v) is 7.02. The molecule has 0 aliphatic heterocycles. The molecule has 4 nitrogen and oxygen atoms in total. The van der Waals surface area contributed by atoms with E-state index in [1.54, 1.807) is 13.0 Å². The summed E-state index contributed by atoms with van der Waals surface area (Å²) in [5.74, 6) is 1.06. The van der Waals surface area contributed by atoms with Gasteiger partial charge in [0.15, 0.2) is 0 Å². The summed E-state index contributed by atoms with van der Waals surface area (Å²) in [5, 5.41) is 4.15. The molecule has 0 radical (unpaired) electrons. The largest absolute Gasteiger partial charge is 0.466 e. The highest BCUT2D eigenvalue weighted by Gasteiger charge is 2.12. The highest BCUT2D eigenvalue weighted by atomic mass is 16.3. The van der Waals surface area contributed by atoms with Gasteiger partial charge in [-0.15, -0.1) is 0 Å². The first-order chi connectivity index (χ1) is 10.0. The summed E-state index contributed by atoms with van der Waals surface area (Å²) in [4.78, 5) is 12.0. The molecule has 2 aromatic rings. The van der Waals surface area contributed by atoms with Gasteiger partial charge in [0.1, 0.15) is 11.5 Å². The highest BCUT2D eigenvalue weighted by Crippen LogP contribution is 2.13. The molecule has 1 aromatic carbocycles. The second kappa shape index (κ2) is 6.39. The molecule has 0 bridgehead atoms. The average molecular weight is 284 g/mol. The lowest BCUT2D eigenvalue weighted by Gasteiger charge is -2.03. The Kier molecular flexibility index (Phi) is 4.58. The molecule has 0 saturated heterocycles. The van der Waals surface area contributed by atoms with Gasteiger partial charge in [0.25, 0.3) is 5.91 Å². The summed E-state index contributed by atoms with van der Waals surface area (Å²) in [5.41, 5.74) is 6.13. The Morgan fingerprint density at radius 1 is 1.24 bits per heavy atom. The standard InChI is InChI=1S/C17H20N2O2/c1-5-14-6-8-15(9-7-14)12(3)18-19-17(20)16-10-11(2)21-13(16)4/h6-10H,5H2,1-4H3,(H,19,20)/b18-12-. The van der Waals surface area contributed by atoms with Crippen LogP contribution in [0.15, 0.2) is 39.9 Å². The molecule has 1 heterocycles. The minimum absolute atomic E-state index is 0.256. The van der Waals surface area contributed by atoms with Crippen LogP contribution in [-0.2, 0) is 6.42 Å². The lowest BCUT2D eigenvalue weighted by molar-refractivity contribution is 0.0953. The summed E-state index contributed by atoms with van der Waals surface area (Å²) >= 11 is 0. The van der Waals surface area contributed by atoms with E-state index in [4.69, 9.17) is 4.42 Å². The lowest BCUT2D eigenvalue weighted by Crippen LogP contribution is -2.19. The number of hydrogen-bond donors (Lipinski definition) is 1. The van der Waals surface area contributed by atoms with Crippen molar-refractivity contribution < 1.29 is 9.21 Å². The molecule has 1 N–H and O–H groups in total. The van der Waals surface area contributed by atoms with Crippen LogP contribution in [0.3, 0.4) is 0 Å². The summed E-state index contributed by atoms with van der Waals surface area (Å²) in [7, 11) is 0. The van der Waals surface area contributed by atoms with Crippen LogP contribution in [-0.4, -0.2) is 11.6 Å². The maximum absolute atomic E-state index is 12.0. The van der Waals surface area contributed by atoms with E-state index in [-0.39, 0.29) is 5.91 Å². The second-order valence-electron chi connectivity index (χ2n) is 5.02. The maximum atomic E-state index is 12.0. The fourth-order valence-electron chi connectivity index (χ4n) is 2.10. The molecule has 0 spiro atoms. The van der Waals surface area contributed by atoms with Crippen molar-refractivity contribution in [2.75, 3.05) is 0 Å². The maximum Gasteiger partial charge on any atom is 0.274 e. The normalized spacial score (nSPS) is 11.5. The van der Waals surface area contributed by atoms with Crippen LogP contribution in [0.2, 0.25) is 0 Å². The van der Waals surface area contributed by atoms with Crippen molar-refractivity contribution in [1.82, 2.24) is 5.43 Å². The fourth-order valence-corrected chi connectivity index (χ4v) is 2.10. The summed E-state index contributed by atoms with van der Waals surface area (Å²) in [6.45, 7) is 7.57. The molecule has 4 heteroatoms. The number of rotatable bonds is 4. The first-order valence-electron chi connectivity index (χ1n) is 7.02. The smallest absolute Gasteiger partial charge is 0.274 e. The summed E-state index contributed by atoms with van der Waals surface area (Å²) in [6, 6.07) is 9.87. The third-order valence-electron chi connectivity index (χ3n) is 3.39. The van der Waals surface area contributed by atoms with Crippen molar-refractivity contribution in [2.45, 2.75) is 34.1 Å². The molecule has 0 aliphatic rings. The quantitative estimate of drug-likeness (QED) is 0.688. The van der Waals surface area contributed by atoms with Gasteiger partial charge in [-0.25, -0.2) is 5.43 Å². The van der Waals surface area contributed by atoms with Gasteiger partial charge in [0.2, 0.25) is 0 Å². The zero-order valence-electron chi connectivity index (χ0n) is 12.9. The fraction of sp³-hybridized carbons (Fsp3) is 0.294. The van der Waals surface area contributed by atoms with E-state index in [1.807, 2.05) is 26.0 Å². The number of hydrogen-bond acceptors (Lipinski definition) is 3. The molecule has 0 unspecified atom stereocenters. The van der Waals surface area contributed by atoms with E-state index in [2.05, 4.69) is 29.6 Å².